The van der Waals surface area contributed by atoms with Crippen LogP contribution in [0, 0.1) is 5.92 Å². The number of likely N-dealkylation sites (tertiary alicyclic amines) is 1. The van der Waals surface area contributed by atoms with E-state index in [0.717, 1.165) is 51.3 Å². The number of piperidine rings is 1. The standard InChI is InChI=1S/C12H24N6/c1-3-6-18-12(14-15-16-18)9-17-7-5-11(13)10(4-2)8-17/h10-11H,3-9,13H2,1-2H3. The lowest BCUT2D eigenvalue weighted by molar-refractivity contribution is 0.140. The second kappa shape index (κ2) is 6.24. The van der Waals surface area contributed by atoms with Gasteiger partial charge in [-0.3, -0.25) is 4.90 Å². The second-order valence-electron chi connectivity index (χ2n) is 5.17. The molecule has 2 heterocycles. The summed E-state index contributed by atoms with van der Waals surface area (Å²) in [5.74, 6) is 1.58. The molecule has 6 nitrogen and oxygen atoms in total. The highest BCUT2D eigenvalue weighted by Crippen LogP contribution is 2.19. The minimum atomic E-state index is 0.359. The quantitative estimate of drug-likeness (QED) is 0.832. The van der Waals surface area contributed by atoms with Gasteiger partial charge in [-0.15, -0.1) is 5.10 Å². The summed E-state index contributed by atoms with van der Waals surface area (Å²) in [6, 6.07) is 0.359. The van der Waals surface area contributed by atoms with Gasteiger partial charge >= 0.3 is 0 Å². The van der Waals surface area contributed by atoms with Gasteiger partial charge in [0.15, 0.2) is 5.82 Å². The maximum Gasteiger partial charge on any atom is 0.165 e. The number of aromatic nitrogens is 4. The van der Waals surface area contributed by atoms with Crippen LogP contribution in [-0.4, -0.2) is 44.2 Å². The van der Waals surface area contributed by atoms with Gasteiger partial charge in [-0.25, -0.2) is 4.68 Å². The molecule has 0 amide bonds. The van der Waals surface area contributed by atoms with Crippen molar-refractivity contribution in [1.29, 1.82) is 0 Å². The minimum absolute atomic E-state index is 0.359. The fraction of sp³-hybridized carbons (Fsp3) is 0.917. The van der Waals surface area contributed by atoms with Crippen molar-refractivity contribution in [2.45, 2.75) is 52.2 Å². The zero-order valence-corrected chi connectivity index (χ0v) is 11.4. The molecular weight excluding hydrogens is 228 g/mol. The van der Waals surface area contributed by atoms with Crippen LogP contribution >= 0.6 is 0 Å². The van der Waals surface area contributed by atoms with Gasteiger partial charge in [0.25, 0.3) is 0 Å². The summed E-state index contributed by atoms with van der Waals surface area (Å²) < 4.78 is 1.91. The van der Waals surface area contributed by atoms with Crippen LogP contribution < -0.4 is 5.73 Å². The molecule has 0 aromatic carbocycles. The number of nitrogens with zero attached hydrogens (tertiary/aromatic N) is 5. The van der Waals surface area contributed by atoms with Gasteiger partial charge in [0.1, 0.15) is 0 Å². The molecular formula is C12H24N6. The van der Waals surface area contributed by atoms with E-state index in [9.17, 15) is 0 Å². The number of rotatable bonds is 5. The molecule has 0 spiro atoms. The summed E-state index contributed by atoms with van der Waals surface area (Å²) in [4.78, 5) is 2.43. The Bertz CT molecular complexity index is 363. The average molecular weight is 252 g/mol. The third-order valence-electron chi connectivity index (χ3n) is 3.81. The predicted octanol–water partition coefficient (Wildman–Crippen LogP) is 0.642. The van der Waals surface area contributed by atoms with E-state index in [1.165, 1.54) is 0 Å². The molecule has 18 heavy (non-hydrogen) atoms. The van der Waals surface area contributed by atoms with E-state index >= 15 is 0 Å². The van der Waals surface area contributed by atoms with Crippen LogP contribution in [0.15, 0.2) is 0 Å². The van der Waals surface area contributed by atoms with Crippen molar-refractivity contribution in [3.63, 3.8) is 0 Å². The monoisotopic (exact) mass is 252 g/mol. The Morgan fingerprint density at radius 1 is 1.39 bits per heavy atom. The normalized spacial score (nSPS) is 25.5. The Balaban J connectivity index is 1.94. The molecule has 2 atom stereocenters. The molecule has 1 saturated heterocycles. The van der Waals surface area contributed by atoms with Crippen LogP contribution in [0.5, 0.6) is 0 Å². The lowest BCUT2D eigenvalue weighted by Crippen LogP contribution is -2.46. The maximum atomic E-state index is 6.13. The van der Waals surface area contributed by atoms with E-state index in [1.807, 2.05) is 4.68 Å². The Kier molecular flexibility index (Phi) is 4.66. The van der Waals surface area contributed by atoms with Crippen LogP contribution in [0.25, 0.3) is 0 Å². The van der Waals surface area contributed by atoms with Gasteiger partial charge < -0.3 is 5.73 Å². The Morgan fingerprint density at radius 3 is 2.94 bits per heavy atom. The third-order valence-corrected chi connectivity index (χ3v) is 3.81. The zero-order chi connectivity index (χ0) is 13.0. The number of nitrogens with two attached hydrogens (primary N) is 1. The highest BCUT2D eigenvalue weighted by atomic mass is 15.5. The first-order valence-electron chi connectivity index (χ1n) is 6.97. The fourth-order valence-electron chi connectivity index (χ4n) is 2.62. The minimum Gasteiger partial charge on any atom is -0.327 e. The van der Waals surface area contributed by atoms with Crippen LogP contribution in [-0.2, 0) is 13.1 Å². The van der Waals surface area contributed by atoms with Crippen molar-refractivity contribution in [2.24, 2.45) is 11.7 Å². The maximum absolute atomic E-state index is 6.13. The van der Waals surface area contributed by atoms with Gasteiger partial charge in [0, 0.05) is 25.7 Å². The molecule has 1 aromatic heterocycles. The fourth-order valence-corrected chi connectivity index (χ4v) is 2.62. The molecule has 6 heteroatoms. The van der Waals surface area contributed by atoms with Gasteiger partial charge in [0.05, 0.1) is 6.54 Å². The topological polar surface area (TPSA) is 72.9 Å². The molecule has 2 unspecified atom stereocenters. The second-order valence-corrected chi connectivity index (χ2v) is 5.17. The van der Waals surface area contributed by atoms with E-state index in [4.69, 9.17) is 5.73 Å². The van der Waals surface area contributed by atoms with E-state index in [1.54, 1.807) is 0 Å². The largest absolute Gasteiger partial charge is 0.327 e. The Labute approximate surface area is 109 Å². The van der Waals surface area contributed by atoms with Gasteiger partial charge in [0.2, 0.25) is 0 Å². The molecule has 2 N–H and O–H groups in total. The van der Waals surface area contributed by atoms with E-state index in [2.05, 4.69) is 34.3 Å². The number of hydrogen-bond donors (Lipinski definition) is 1. The van der Waals surface area contributed by atoms with Crippen LogP contribution in [0.3, 0.4) is 0 Å². The molecule has 1 aliphatic heterocycles. The van der Waals surface area contributed by atoms with Crippen molar-refractivity contribution < 1.29 is 0 Å². The van der Waals surface area contributed by atoms with E-state index < -0.39 is 0 Å². The summed E-state index contributed by atoms with van der Waals surface area (Å²) in [7, 11) is 0. The Hall–Kier alpha value is -1.01. The number of tetrazole rings is 1. The number of aryl methyl sites for hydroxylation is 1. The van der Waals surface area contributed by atoms with Crippen LogP contribution in [0.2, 0.25) is 0 Å². The molecule has 0 aliphatic carbocycles. The first kappa shape index (κ1) is 13.4. The molecule has 1 aromatic rings. The van der Waals surface area contributed by atoms with E-state index in [-0.39, 0.29) is 0 Å². The van der Waals surface area contributed by atoms with Crippen LogP contribution in [0.4, 0.5) is 0 Å². The zero-order valence-electron chi connectivity index (χ0n) is 11.4. The molecule has 102 valence electrons. The van der Waals surface area contributed by atoms with E-state index in [0.29, 0.717) is 12.0 Å². The van der Waals surface area contributed by atoms with Crippen molar-refractivity contribution >= 4 is 0 Å². The third kappa shape index (κ3) is 3.05. The van der Waals surface area contributed by atoms with Gasteiger partial charge in [-0.2, -0.15) is 0 Å². The molecule has 0 bridgehead atoms. The van der Waals surface area contributed by atoms with Crippen molar-refractivity contribution in [2.75, 3.05) is 13.1 Å². The summed E-state index contributed by atoms with van der Waals surface area (Å²) in [5.41, 5.74) is 6.13. The first-order chi connectivity index (χ1) is 8.74. The SMILES string of the molecule is CCCn1nnnc1CN1CCC(N)C(CC)C1. The summed E-state index contributed by atoms with van der Waals surface area (Å²) in [5, 5.41) is 11.9. The predicted molar refractivity (Wildman–Crippen MR) is 69.8 cm³/mol. The number of hydrogen-bond acceptors (Lipinski definition) is 5. The summed E-state index contributed by atoms with van der Waals surface area (Å²) in [6.07, 6.45) is 3.28. The highest BCUT2D eigenvalue weighted by molar-refractivity contribution is 4.87. The van der Waals surface area contributed by atoms with Gasteiger partial charge in [-0.1, -0.05) is 20.3 Å². The molecule has 1 aliphatic rings. The van der Waals surface area contributed by atoms with Crippen LogP contribution in [0.1, 0.15) is 38.9 Å². The lowest BCUT2D eigenvalue weighted by Gasteiger charge is -2.36. The summed E-state index contributed by atoms with van der Waals surface area (Å²) in [6.45, 7) is 8.21. The first-order valence-corrected chi connectivity index (χ1v) is 6.97. The smallest absolute Gasteiger partial charge is 0.165 e. The van der Waals surface area contributed by atoms with Gasteiger partial charge in [-0.05, 0) is 29.2 Å². The molecule has 0 radical (unpaired) electrons. The lowest BCUT2D eigenvalue weighted by atomic mass is 9.91. The molecule has 0 saturated carbocycles. The van der Waals surface area contributed by atoms with Crippen molar-refractivity contribution in [1.82, 2.24) is 25.1 Å². The van der Waals surface area contributed by atoms with Crippen molar-refractivity contribution in [3.8, 4) is 0 Å². The van der Waals surface area contributed by atoms with Crippen molar-refractivity contribution in [3.05, 3.63) is 5.82 Å². The average Bonchev–Trinajstić information content (AvgIpc) is 2.80. The summed E-state index contributed by atoms with van der Waals surface area (Å²) >= 11 is 0. The molecule has 2 rings (SSSR count). The highest BCUT2D eigenvalue weighted by Gasteiger charge is 2.26. The molecule has 1 fully saturated rings. The Morgan fingerprint density at radius 2 is 2.22 bits per heavy atom.